The average Bonchev–Trinajstić information content (AvgIpc) is 2.75. The topological polar surface area (TPSA) is 58.8 Å². The van der Waals surface area contributed by atoms with Crippen LogP contribution >= 0.6 is 0 Å². The van der Waals surface area contributed by atoms with Crippen LogP contribution in [0.2, 0.25) is 0 Å². The molecule has 0 aliphatic carbocycles. The number of carbonyl (C=O) groups excluding carboxylic acids is 1. The third kappa shape index (κ3) is 2.97. The van der Waals surface area contributed by atoms with Gasteiger partial charge in [-0.05, 0) is 6.92 Å². The van der Waals surface area contributed by atoms with E-state index in [1.807, 2.05) is 13.0 Å². The summed E-state index contributed by atoms with van der Waals surface area (Å²) in [6.07, 6.45) is -0.250. The van der Waals surface area contributed by atoms with Crippen molar-refractivity contribution < 1.29 is 14.1 Å². The molecule has 1 amide bonds. The van der Waals surface area contributed by atoms with Gasteiger partial charge in [0.05, 0.1) is 19.3 Å². The number of ether oxygens (including phenoxy) is 1. The van der Waals surface area contributed by atoms with Crippen LogP contribution in [0.15, 0.2) is 10.6 Å². The lowest BCUT2D eigenvalue weighted by molar-refractivity contribution is 0.0858. The van der Waals surface area contributed by atoms with E-state index in [-0.39, 0.29) is 6.09 Å². The summed E-state index contributed by atoms with van der Waals surface area (Å²) in [5.41, 5.74) is 0.896. The van der Waals surface area contributed by atoms with Crippen molar-refractivity contribution in [1.82, 2.24) is 15.0 Å². The van der Waals surface area contributed by atoms with Crippen LogP contribution in [0.25, 0.3) is 0 Å². The Bertz CT molecular complexity index is 383. The molecule has 6 heteroatoms. The van der Waals surface area contributed by atoms with Gasteiger partial charge in [-0.15, -0.1) is 0 Å². The highest BCUT2D eigenvalue weighted by atomic mass is 16.5. The quantitative estimate of drug-likeness (QED) is 0.766. The molecule has 0 radical (unpaired) electrons. The second kappa shape index (κ2) is 5.18. The minimum Gasteiger partial charge on any atom is -0.453 e. The van der Waals surface area contributed by atoms with E-state index in [0.717, 1.165) is 31.1 Å². The Morgan fingerprint density at radius 1 is 1.47 bits per heavy atom. The van der Waals surface area contributed by atoms with Crippen LogP contribution in [0.3, 0.4) is 0 Å². The monoisotopic (exact) mass is 239 g/mol. The van der Waals surface area contributed by atoms with Crippen LogP contribution in [0.1, 0.15) is 11.5 Å². The van der Waals surface area contributed by atoms with Crippen molar-refractivity contribution in [3.63, 3.8) is 0 Å². The molecule has 6 nitrogen and oxygen atoms in total. The van der Waals surface area contributed by atoms with Crippen molar-refractivity contribution in [2.24, 2.45) is 0 Å². The van der Waals surface area contributed by atoms with Gasteiger partial charge in [0.1, 0.15) is 0 Å². The summed E-state index contributed by atoms with van der Waals surface area (Å²) < 4.78 is 9.85. The molecule has 1 aromatic rings. The first-order valence-electron chi connectivity index (χ1n) is 5.66. The summed E-state index contributed by atoms with van der Waals surface area (Å²) in [4.78, 5) is 15.2. The van der Waals surface area contributed by atoms with E-state index >= 15 is 0 Å². The number of hydrogen-bond donors (Lipinski definition) is 0. The molecule has 0 spiro atoms. The number of rotatable bonds is 2. The predicted molar refractivity (Wildman–Crippen MR) is 60.5 cm³/mol. The van der Waals surface area contributed by atoms with Gasteiger partial charge in [-0.3, -0.25) is 4.90 Å². The zero-order chi connectivity index (χ0) is 12.3. The molecule has 0 N–H and O–H groups in total. The standard InChI is InChI=1S/C11H17N3O3/c1-9-7-10(17-12-9)8-13-3-5-14(6-4-13)11(15)16-2/h7H,3-6,8H2,1-2H3. The van der Waals surface area contributed by atoms with Crippen molar-refractivity contribution >= 4 is 6.09 Å². The lowest BCUT2D eigenvalue weighted by atomic mass is 10.3. The molecule has 0 bridgehead atoms. The summed E-state index contributed by atoms with van der Waals surface area (Å²) in [5, 5.41) is 3.85. The largest absolute Gasteiger partial charge is 0.453 e. The van der Waals surface area contributed by atoms with E-state index in [1.54, 1.807) is 4.90 Å². The first-order chi connectivity index (χ1) is 8.19. The maximum atomic E-state index is 11.3. The Labute approximate surface area is 100 Å². The van der Waals surface area contributed by atoms with Gasteiger partial charge < -0.3 is 14.2 Å². The number of piperazine rings is 1. The molecule has 0 aromatic carbocycles. The fraction of sp³-hybridized carbons (Fsp3) is 0.636. The number of carbonyl (C=O) groups is 1. The fourth-order valence-electron chi connectivity index (χ4n) is 1.93. The van der Waals surface area contributed by atoms with Crippen molar-refractivity contribution in [1.29, 1.82) is 0 Å². The SMILES string of the molecule is COC(=O)N1CCN(Cc2cc(C)no2)CC1. The Kier molecular flexibility index (Phi) is 3.63. The molecule has 2 heterocycles. The molecule has 0 unspecified atom stereocenters. The normalized spacial score (nSPS) is 17.2. The van der Waals surface area contributed by atoms with Crippen molar-refractivity contribution in [3.05, 3.63) is 17.5 Å². The predicted octanol–water partition coefficient (Wildman–Crippen LogP) is 0.867. The highest BCUT2D eigenvalue weighted by molar-refractivity contribution is 5.67. The molecule has 1 saturated heterocycles. The van der Waals surface area contributed by atoms with E-state index < -0.39 is 0 Å². The Hall–Kier alpha value is -1.56. The van der Waals surface area contributed by atoms with Gasteiger partial charge in [0.25, 0.3) is 0 Å². The van der Waals surface area contributed by atoms with Crippen LogP contribution in [-0.4, -0.2) is 54.3 Å². The summed E-state index contributed by atoms with van der Waals surface area (Å²) in [6.45, 7) is 5.70. The number of nitrogens with zero attached hydrogens (tertiary/aromatic N) is 3. The van der Waals surface area contributed by atoms with E-state index in [2.05, 4.69) is 14.8 Å². The zero-order valence-electron chi connectivity index (χ0n) is 10.2. The molecule has 1 aliphatic heterocycles. The summed E-state index contributed by atoms with van der Waals surface area (Å²) in [7, 11) is 1.41. The summed E-state index contributed by atoms with van der Waals surface area (Å²) >= 11 is 0. The smallest absolute Gasteiger partial charge is 0.409 e. The van der Waals surface area contributed by atoms with Crippen molar-refractivity contribution in [3.8, 4) is 0 Å². The molecular formula is C11H17N3O3. The van der Waals surface area contributed by atoms with Crippen LogP contribution in [0.5, 0.6) is 0 Å². The van der Waals surface area contributed by atoms with Gasteiger partial charge in [-0.1, -0.05) is 5.16 Å². The minimum absolute atomic E-state index is 0.250. The van der Waals surface area contributed by atoms with Gasteiger partial charge in [0.15, 0.2) is 5.76 Å². The lowest BCUT2D eigenvalue weighted by Crippen LogP contribution is -2.48. The number of amides is 1. The van der Waals surface area contributed by atoms with E-state index in [4.69, 9.17) is 4.52 Å². The molecule has 0 saturated carbocycles. The van der Waals surface area contributed by atoms with E-state index in [0.29, 0.717) is 13.1 Å². The van der Waals surface area contributed by atoms with E-state index in [1.165, 1.54) is 7.11 Å². The number of methoxy groups -OCH3 is 1. The zero-order valence-corrected chi connectivity index (χ0v) is 10.2. The minimum atomic E-state index is -0.250. The van der Waals surface area contributed by atoms with Gasteiger partial charge >= 0.3 is 6.09 Å². The average molecular weight is 239 g/mol. The Morgan fingerprint density at radius 2 is 2.18 bits per heavy atom. The summed E-state index contributed by atoms with van der Waals surface area (Å²) in [5.74, 6) is 0.869. The second-order valence-electron chi connectivity index (χ2n) is 4.17. The molecule has 0 atom stereocenters. The molecule has 1 aromatic heterocycles. The molecule has 17 heavy (non-hydrogen) atoms. The van der Waals surface area contributed by atoms with Crippen molar-refractivity contribution in [2.45, 2.75) is 13.5 Å². The first kappa shape index (κ1) is 11.9. The number of aryl methyl sites for hydroxylation is 1. The Morgan fingerprint density at radius 3 is 2.71 bits per heavy atom. The molecule has 1 fully saturated rings. The second-order valence-corrected chi connectivity index (χ2v) is 4.17. The maximum Gasteiger partial charge on any atom is 0.409 e. The first-order valence-corrected chi connectivity index (χ1v) is 5.66. The Balaban J connectivity index is 1.81. The molecule has 1 aliphatic rings. The number of hydrogen-bond acceptors (Lipinski definition) is 5. The lowest BCUT2D eigenvalue weighted by Gasteiger charge is -2.33. The van der Waals surface area contributed by atoms with Gasteiger partial charge in [0, 0.05) is 32.2 Å². The molecule has 2 rings (SSSR count). The number of aromatic nitrogens is 1. The highest BCUT2D eigenvalue weighted by Crippen LogP contribution is 2.10. The molecule has 94 valence electrons. The molecular weight excluding hydrogens is 222 g/mol. The highest BCUT2D eigenvalue weighted by Gasteiger charge is 2.22. The third-order valence-electron chi connectivity index (χ3n) is 2.86. The van der Waals surface area contributed by atoms with Crippen LogP contribution in [0.4, 0.5) is 4.79 Å². The van der Waals surface area contributed by atoms with Crippen molar-refractivity contribution in [2.75, 3.05) is 33.3 Å². The van der Waals surface area contributed by atoms with Crippen LogP contribution < -0.4 is 0 Å². The maximum absolute atomic E-state index is 11.3. The van der Waals surface area contributed by atoms with E-state index in [9.17, 15) is 4.79 Å². The third-order valence-corrected chi connectivity index (χ3v) is 2.86. The van der Waals surface area contributed by atoms with Crippen LogP contribution in [-0.2, 0) is 11.3 Å². The fourth-order valence-corrected chi connectivity index (χ4v) is 1.93. The van der Waals surface area contributed by atoms with Crippen LogP contribution in [0, 0.1) is 6.92 Å². The van der Waals surface area contributed by atoms with Gasteiger partial charge in [-0.2, -0.15) is 0 Å². The van der Waals surface area contributed by atoms with Gasteiger partial charge in [0.2, 0.25) is 0 Å². The summed E-state index contributed by atoms with van der Waals surface area (Å²) in [6, 6.07) is 1.94. The van der Waals surface area contributed by atoms with Gasteiger partial charge in [-0.25, -0.2) is 4.79 Å².